The van der Waals surface area contributed by atoms with E-state index in [0.717, 1.165) is 29.3 Å². The Kier molecular flexibility index (Phi) is 9.14. The molecule has 0 radical (unpaired) electrons. The molecule has 2 aromatic heterocycles. The molecule has 1 aromatic carbocycles. The Labute approximate surface area is 260 Å². The second kappa shape index (κ2) is 13.0. The molecule has 0 spiro atoms. The predicted octanol–water partition coefficient (Wildman–Crippen LogP) is 4.94. The molecule has 232 valence electrons. The van der Waals surface area contributed by atoms with Gasteiger partial charge in [-0.3, -0.25) is 9.78 Å². The fourth-order valence-electron chi connectivity index (χ4n) is 5.14. The summed E-state index contributed by atoms with van der Waals surface area (Å²) in [5.74, 6) is 0.511. The molecular formula is C31H35FN6O5S. The highest BCUT2D eigenvalue weighted by Gasteiger charge is 2.36. The number of rotatable bonds is 9. The molecule has 5 rings (SSSR count). The van der Waals surface area contributed by atoms with Gasteiger partial charge in [0, 0.05) is 55.9 Å². The van der Waals surface area contributed by atoms with Crippen molar-refractivity contribution < 1.29 is 28.2 Å². The highest BCUT2D eigenvalue weighted by Crippen LogP contribution is 2.31. The summed E-state index contributed by atoms with van der Waals surface area (Å²) in [4.78, 5) is 36.4. The number of pyridine rings is 1. The number of carbonyl (C=O) groups excluding carboxylic acids is 2. The van der Waals surface area contributed by atoms with E-state index >= 15 is 0 Å². The number of benzene rings is 1. The molecule has 0 aliphatic carbocycles. The fourth-order valence-corrected chi connectivity index (χ4v) is 5.47. The van der Waals surface area contributed by atoms with E-state index in [0.29, 0.717) is 24.6 Å². The summed E-state index contributed by atoms with van der Waals surface area (Å²) in [6, 6.07) is 6.17. The van der Waals surface area contributed by atoms with Crippen LogP contribution >= 0.6 is 12.2 Å². The van der Waals surface area contributed by atoms with E-state index < -0.39 is 23.4 Å². The molecule has 2 N–H and O–H groups in total. The lowest BCUT2D eigenvalue weighted by Gasteiger charge is -2.31. The lowest BCUT2D eigenvalue weighted by Crippen LogP contribution is -2.47. The van der Waals surface area contributed by atoms with Gasteiger partial charge in [0.1, 0.15) is 22.2 Å². The largest absolute Gasteiger partial charge is 0.492 e. The Morgan fingerprint density at radius 2 is 2.02 bits per heavy atom. The monoisotopic (exact) mass is 622 g/mol. The first kappa shape index (κ1) is 30.9. The molecular weight excluding hydrogens is 587 g/mol. The number of fused-ring (bicyclic) bond motifs is 1. The third-order valence-corrected chi connectivity index (χ3v) is 7.55. The molecule has 44 heavy (non-hydrogen) atoms. The first-order chi connectivity index (χ1) is 21.1. The van der Waals surface area contributed by atoms with E-state index in [-0.39, 0.29) is 40.9 Å². The maximum Gasteiger partial charge on any atom is 0.417 e. The lowest BCUT2D eigenvalue weighted by molar-refractivity contribution is -0.126. The zero-order valence-corrected chi connectivity index (χ0v) is 25.9. The standard InChI is InChI=1S/C31H35FN6O5S/c1-31(2,3)43-30(40)38-14-10-22(25(29(38)39)28(44)36-23-7-5-6-21(32)26(23)41-4)35-16-19-8-11-33-17-24(19)42-18-20-9-13-37-15-12-34-27(20)37/h5-8,11-12,15,17,20,35H,9-10,13-14,16,18H2,1-4H3,(H,36,44). The molecule has 2 aliphatic rings. The number of carbonyl (C=O) groups is 2. The van der Waals surface area contributed by atoms with E-state index in [9.17, 15) is 14.0 Å². The smallest absolute Gasteiger partial charge is 0.417 e. The minimum absolute atomic E-state index is 0.00223. The van der Waals surface area contributed by atoms with Crippen LogP contribution < -0.4 is 20.1 Å². The van der Waals surface area contributed by atoms with Crippen LogP contribution in [0.25, 0.3) is 0 Å². The summed E-state index contributed by atoms with van der Waals surface area (Å²) < 4.78 is 33.4. The number of amides is 2. The maximum absolute atomic E-state index is 14.4. The van der Waals surface area contributed by atoms with Gasteiger partial charge in [0.15, 0.2) is 11.6 Å². The van der Waals surface area contributed by atoms with Gasteiger partial charge in [0.25, 0.3) is 5.91 Å². The summed E-state index contributed by atoms with van der Waals surface area (Å²) in [6.07, 6.45) is 7.55. The second-order valence-electron chi connectivity index (χ2n) is 11.4. The lowest BCUT2D eigenvalue weighted by atomic mass is 10.0. The van der Waals surface area contributed by atoms with Crippen LogP contribution in [0.3, 0.4) is 0 Å². The zero-order valence-electron chi connectivity index (χ0n) is 25.1. The fraction of sp³-hybridized carbons (Fsp3) is 0.387. The molecule has 13 heteroatoms. The molecule has 0 saturated carbocycles. The third-order valence-electron chi connectivity index (χ3n) is 7.24. The Morgan fingerprint density at radius 1 is 1.20 bits per heavy atom. The minimum atomic E-state index is -0.803. The molecule has 1 atom stereocenters. The van der Waals surface area contributed by atoms with Crippen LogP contribution in [0.2, 0.25) is 0 Å². The van der Waals surface area contributed by atoms with Gasteiger partial charge >= 0.3 is 6.09 Å². The van der Waals surface area contributed by atoms with Gasteiger partial charge in [-0.25, -0.2) is 19.1 Å². The van der Waals surface area contributed by atoms with E-state index in [1.54, 1.807) is 45.4 Å². The Morgan fingerprint density at radius 3 is 2.80 bits per heavy atom. The predicted molar refractivity (Wildman–Crippen MR) is 165 cm³/mol. The van der Waals surface area contributed by atoms with Gasteiger partial charge in [0.05, 0.1) is 37.1 Å². The number of aromatic nitrogens is 3. The Balaban J connectivity index is 1.38. The maximum atomic E-state index is 14.4. The second-order valence-corrected chi connectivity index (χ2v) is 11.8. The molecule has 1 unspecified atom stereocenters. The van der Waals surface area contributed by atoms with Crippen LogP contribution in [0.15, 0.2) is 60.3 Å². The first-order valence-electron chi connectivity index (χ1n) is 14.3. The van der Waals surface area contributed by atoms with Crippen molar-refractivity contribution in [1.82, 2.24) is 24.8 Å². The highest BCUT2D eigenvalue weighted by atomic mass is 32.1. The number of hydrogen-bond acceptors (Lipinski definition) is 9. The van der Waals surface area contributed by atoms with Crippen LogP contribution in [-0.2, 0) is 22.6 Å². The normalized spacial score (nSPS) is 16.4. The number of imide groups is 1. The number of hydrogen-bond donors (Lipinski definition) is 2. The SMILES string of the molecule is COc1c(F)cccc1NC(=S)C1=C(NCc2ccncc2OCC2CCn3ccnc32)CCN(C(=O)OC(C)(C)C)C1=O. The number of nitrogens with one attached hydrogen (secondary N) is 2. The summed E-state index contributed by atoms with van der Waals surface area (Å²) in [7, 11) is 1.34. The number of methoxy groups -OCH3 is 1. The molecule has 11 nitrogen and oxygen atoms in total. The van der Waals surface area contributed by atoms with Gasteiger partial charge < -0.3 is 29.4 Å². The quantitative estimate of drug-likeness (QED) is 0.318. The average Bonchev–Trinajstić information content (AvgIpc) is 3.59. The number of thiocarbonyl (C=S) groups is 1. The number of halogens is 1. The summed E-state index contributed by atoms with van der Waals surface area (Å²) in [5, 5.41) is 6.27. The topological polar surface area (TPSA) is 120 Å². The van der Waals surface area contributed by atoms with E-state index in [2.05, 4.69) is 25.2 Å². The Bertz CT molecular complexity index is 1600. The van der Waals surface area contributed by atoms with Crippen molar-refractivity contribution in [3.63, 3.8) is 0 Å². The van der Waals surface area contributed by atoms with E-state index in [4.69, 9.17) is 26.4 Å². The van der Waals surface area contributed by atoms with Gasteiger partial charge in [-0.05, 0) is 45.4 Å². The van der Waals surface area contributed by atoms with Gasteiger partial charge in [-0.1, -0.05) is 18.3 Å². The molecule has 0 saturated heterocycles. The van der Waals surface area contributed by atoms with Crippen molar-refractivity contribution in [3.8, 4) is 11.5 Å². The zero-order chi connectivity index (χ0) is 31.4. The number of imidazole rings is 1. The van der Waals surface area contributed by atoms with Crippen molar-refractivity contribution in [2.45, 2.75) is 58.2 Å². The summed E-state index contributed by atoms with van der Waals surface area (Å²) in [5.41, 5.74) is 0.842. The summed E-state index contributed by atoms with van der Waals surface area (Å²) in [6.45, 7) is 6.91. The molecule has 0 fully saturated rings. The highest BCUT2D eigenvalue weighted by molar-refractivity contribution is 7.81. The first-order valence-corrected chi connectivity index (χ1v) is 14.7. The number of ether oxygens (including phenoxy) is 3. The van der Waals surface area contributed by atoms with Crippen LogP contribution in [-0.4, -0.2) is 62.3 Å². The Hall–Kier alpha value is -4.52. The number of aryl methyl sites for hydroxylation is 1. The summed E-state index contributed by atoms with van der Waals surface area (Å²) >= 11 is 5.67. The van der Waals surface area contributed by atoms with Gasteiger partial charge in [-0.2, -0.15) is 0 Å². The van der Waals surface area contributed by atoms with Gasteiger partial charge in [-0.15, -0.1) is 0 Å². The van der Waals surface area contributed by atoms with Crippen molar-refractivity contribution in [3.05, 3.63) is 77.5 Å². The number of nitrogens with zero attached hydrogens (tertiary/aromatic N) is 4. The molecule has 3 aromatic rings. The van der Waals surface area contributed by atoms with Crippen molar-refractivity contribution in [2.24, 2.45) is 0 Å². The number of para-hydroxylation sites is 1. The van der Waals surface area contributed by atoms with E-state index in [1.807, 2.05) is 12.3 Å². The molecule has 0 bridgehead atoms. The van der Waals surface area contributed by atoms with Crippen LogP contribution in [0, 0.1) is 5.82 Å². The van der Waals surface area contributed by atoms with Crippen LogP contribution in [0.5, 0.6) is 11.5 Å². The van der Waals surface area contributed by atoms with Crippen molar-refractivity contribution in [1.29, 1.82) is 0 Å². The van der Waals surface area contributed by atoms with Crippen LogP contribution in [0.1, 0.15) is 50.9 Å². The van der Waals surface area contributed by atoms with Crippen molar-refractivity contribution >= 4 is 34.9 Å². The minimum Gasteiger partial charge on any atom is -0.492 e. The molecule has 2 aliphatic heterocycles. The molecule has 4 heterocycles. The average molecular weight is 623 g/mol. The van der Waals surface area contributed by atoms with Gasteiger partial charge in [0.2, 0.25) is 0 Å². The van der Waals surface area contributed by atoms with Crippen LogP contribution in [0.4, 0.5) is 14.9 Å². The van der Waals surface area contributed by atoms with Crippen molar-refractivity contribution in [2.75, 3.05) is 25.6 Å². The van der Waals surface area contributed by atoms with E-state index in [1.165, 1.54) is 19.2 Å². The molecule has 2 amide bonds. The third kappa shape index (κ3) is 6.83. The number of anilines is 1.